The monoisotopic (exact) mass is 325 g/mol. The fourth-order valence-corrected chi connectivity index (χ4v) is 3.03. The standard InChI is InChI=1S/C16H24ClN3O2/c1-10(2)15-18-8-13(17)14(19-15)16(22)20(3)12-6-4-11(9-21)5-7-12/h8,10-12,21H,4-7,9H2,1-3H3. The molecule has 0 aromatic carbocycles. The summed E-state index contributed by atoms with van der Waals surface area (Å²) in [6.07, 6.45) is 5.23. The summed E-state index contributed by atoms with van der Waals surface area (Å²) in [7, 11) is 1.81. The van der Waals surface area contributed by atoms with Gasteiger partial charge in [0.1, 0.15) is 5.82 Å². The number of nitrogens with zero attached hydrogens (tertiary/aromatic N) is 3. The van der Waals surface area contributed by atoms with E-state index in [-0.39, 0.29) is 30.2 Å². The van der Waals surface area contributed by atoms with Crippen LogP contribution in [0.25, 0.3) is 0 Å². The molecule has 122 valence electrons. The Hall–Kier alpha value is -1.20. The topological polar surface area (TPSA) is 66.3 Å². The van der Waals surface area contributed by atoms with Crippen molar-refractivity contribution < 1.29 is 9.90 Å². The van der Waals surface area contributed by atoms with Gasteiger partial charge in [0.15, 0.2) is 5.69 Å². The van der Waals surface area contributed by atoms with Crippen molar-refractivity contribution in [2.24, 2.45) is 5.92 Å². The minimum Gasteiger partial charge on any atom is -0.396 e. The highest BCUT2D eigenvalue weighted by Gasteiger charge is 2.28. The van der Waals surface area contributed by atoms with Crippen LogP contribution in [0.4, 0.5) is 0 Å². The predicted molar refractivity (Wildman–Crippen MR) is 86.1 cm³/mol. The molecule has 1 amide bonds. The molecule has 0 atom stereocenters. The van der Waals surface area contributed by atoms with Crippen molar-refractivity contribution in [3.8, 4) is 0 Å². The van der Waals surface area contributed by atoms with Crippen molar-refractivity contribution in [1.82, 2.24) is 14.9 Å². The van der Waals surface area contributed by atoms with E-state index in [2.05, 4.69) is 9.97 Å². The number of aliphatic hydroxyl groups excluding tert-OH is 1. The average Bonchev–Trinajstić information content (AvgIpc) is 2.53. The molecule has 0 radical (unpaired) electrons. The second-order valence-corrected chi connectivity index (χ2v) is 6.76. The minimum atomic E-state index is -0.151. The summed E-state index contributed by atoms with van der Waals surface area (Å²) in [5.74, 6) is 0.996. The average molecular weight is 326 g/mol. The van der Waals surface area contributed by atoms with Crippen molar-refractivity contribution in [3.05, 3.63) is 22.7 Å². The third-order valence-electron chi connectivity index (χ3n) is 4.42. The molecule has 1 N–H and O–H groups in total. The molecule has 0 spiro atoms. The smallest absolute Gasteiger partial charge is 0.274 e. The summed E-state index contributed by atoms with van der Waals surface area (Å²) in [5, 5.41) is 9.50. The van der Waals surface area contributed by atoms with E-state index < -0.39 is 0 Å². The molecule has 1 aliphatic carbocycles. The second-order valence-electron chi connectivity index (χ2n) is 6.35. The van der Waals surface area contributed by atoms with Gasteiger partial charge in [-0.2, -0.15) is 0 Å². The number of aliphatic hydroxyl groups is 1. The molecule has 1 aromatic heterocycles. The number of rotatable bonds is 4. The van der Waals surface area contributed by atoms with Crippen LogP contribution in [0.1, 0.15) is 61.8 Å². The quantitative estimate of drug-likeness (QED) is 0.924. The molecule has 0 unspecified atom stereocenters. The molecule has 1 heterocycles. The van der Waals surface area contributed by atoms with Crippen molar-refractivity contribution in [3.63, 3.8) is 0 Å². The van der Waals surface area contributed by atoms with E-state index in [9.17, 15) is 9.90 Å². The van der Waals surface area contributed by atoms with E-state index in [0.717, 1.165) is 25.7 Å². The van der Waals surface area contributed by atoms with Gasteiger partial charge >= 0.3 is 0 Å². The third-order valence-corrected chi connectivity index (χ3v) is 4.70. The summed E-state index contributed by atoms with van der Waals surface area (Å²) in [6, 6.07) is 0.184. The first kappa shape index (κ1) is 17.2. The minimum absolute atomic E-state index is 0.147. The van der Waals surface area contributed by atoms with E-state index in [1.54, 1.807) is 11.9 Å². The number of hydrogen-bond acceptors (Lipinski definition) is 4. The van der Waals surface area contributed by atoms with E-state index in [1.165, 1.54) is 6.20 Å². The Morgan fingerprint density at radius 3 is 2.59 bits per heavy atom. The predicted octanol–water partition coefficient (Wildman–Crippen LogP) is 2.88. The second kappa shape index (κ2) is 7.38. The Morgan fingerprint density at radius 1 is 1.41 bits per heavy atom. The lowest BCUT2D eigenvalue weighted by atomic mass is 9.86. The molecular formula is C16H24ClN3O2. The summed E-state index contributed by atoms with van der Waals surface area (Å²) in [5.41, 5.74) is 0.284. The van der Waals surface area contributed by atoms with Gasteiger partial charge in [-0.15, -0.1) is 0 Å². The van der Waals surface area contributed by atoms with Gasteiger partial charge in [-0.3, -0.25) is 4.79 Å². The maximum Gasteiger partial charge on any atom is 0.274 e. The van der Waals surface area contributed by atoms with Crippen LogP contribution in [0.15, 0.2) is 6.20 Å². The molecule has 1 fully saturated rings. The Kier molecular flexibility index (Phi) is 5.75. The zero-order valence-corrected chi connectivity index (χ0v) is 14.2. The van der Waals surface area contributed by atoms with Gasteiger partial charge in [0.2, 0.25) is 0 Å². The van der Waals surface area contributed by atoms with Crippen LogP contribution in [0.2, 0.25) is 5.02 Å². The highest BCUT2D eigenvalue weighted by atomic mass is 35.5. The molecule has 1 aromatic rings. The van der Waals surface area contributed by atoms with Crippen LogP contribution >= 0.6 is 11.6 Å². The van der Waals surface area contributed by atoms with Gasteiger partial charge in [0.25, 0.3) is 5.91 Å². The Balaban J connectivity index is 2.12. The molecule has 0 saturated heterocycles. The van der Waals surface area contributed by atoms with Crippen molar-refractivity contribution in [1.29, 1.82) is 0 Å². The summed E-state index contributed by atoms with van der Waals surface area (Å²) in [6.45, 7) is 4.20. The lowest BCUT2D eigenvalue weighted by molar-refractivity contribution is 0.0646. The van der Waals surface area contributed by atoms with Crippen molar-refractivity contribution in [2.75, 3.05) is 13.7 Å². The maximum atomic E-state index is 12.7. The largest absolute Gasteiger partial charge is 0.396 e. The molecule has 22 heavy (non-hydrogen) atoms. The van der Waals surface area contributed by atoms with Crippen LogP contribution in [0, 0.1) is 5.92 Å². The van der Waals surface area contributed by atoms with Crippen LogP contribution in [-0.2, 0) is 0 Å². The van der Waals surface area contributed by atoms with Crippen LogP contribution in [0.5, 0.6) is 0 Å². The van der Waals surface area contributed by atoms with Gasteiger partial charge in [-0.05, 0) is 31.6 Å². The third kappa shape index (κ3) is 3.76. The van der Waals surface area contributed by atoms with E-state index in [0.29, 0.717) is 16.8 Å². The molecular weight excluding hydrogens is 302 g/mol. The Morgan fingerprint density at radius 2 is 2.05 bits per heavy atom. The molecule has 6 heteroatoms. The number of halogens is 1. The highest BCUT2D eigenvalue weighted by Crippen LogP contribution is 2.28. The number of amides is 1. The first-order valence-corrected chi connectivity index (χ1v) is 8.22. The lowest BCUT2D eigenvalue weighted by Gasteiger charge is -2.34. The van der Waals surface area contributed by atoms with Gasteiger partial charge in [0, 0.05) is 25.6 Å². The summed E-state index contributed by atoms with van der Waals surface area (Å²) >= 11 is 6.12. The molecule has 0 aliphatic heterocycles. The van der Waals surface area contributed by atoms with Crippen molar-refractivity contribution in [2.45, 2.75) is 51.5 Å². The molecule has 0 bridgehead atoms. The van der Waals surface area contributed by atoms with Gasteiger partial charge in [-0.1, -0.05) is 25.4 Å². The van der Waals surface area contributed by atoms with E-state index in [4.69, 9.17) is 11.6 Å². The van der Waals surface area contributed by atoms with Crippen LogP contribution in [0.3, 0.4) is 0 Å². The van der Waals surface area contributed by atoms with Crippen LogP contribution < -0.4 is 0 Å². The summed E-state index contributed by atoms with van der Waals surface area (Å²) in [4.78, 5) is 23.0. The fraction of sp³-hybridized carbons (Fsp3) is 0.688. The SMILES string of the molecule is CC(C)c1ncc(Cl)c(C(=O)N(C)C2CCC(CO)CC2)n1. The molecule has 2 rings (SSSR count). The first-order valence-electron chi connectivity index (χ1n) is 7.84. The first-order chi connectivity index (χ1) is 10.4. The summed E-state index contributed by atoms with van der Waals surface area (Å²) < 4.78 is 0. The fourth-order valence-electron chi connectivity index (χ4n) is 2.86. The number of carbonyl (C=O) groups excluding carboxylic acids is 1. The zero-order chi connectivity index (χ0) is 16.3. The normalized spacial score (nSPS) is 21.9. The number of hydrogen-bond donors (Lipinski definition) is 1. The van der Waals surface area contributed by atoms with Crippen molar-refractivity contribution >= 4 is 17.5 Å². The van der Waals surface area contributed by atoms with E-state index >= 15 is 0 Å². The Bertz CT molecular complexity index is 528. The Labute approximate surface area is 136 Å². The van der Waals surface area contributed by atoms with Gasteiger partial charge in [-0.25, -0.2) is 9.97 Å². The van der Waals surface area contributed by atoms with Gasteiger partial charge < -0.3 is 10.0 Å². The highest BCUT2D eigenvalue weighted by molar-refractivity contribution is 6.33. The zero-order valence-electron chi connectivity index (χ0n) is 13.4. The lowest BCUT2D eigenvalue weighted by Crippen LogP contribution is -2.40. The maximum absolute atomic E-state index is 12.7. The molecule has 1 saturated carbocycles. The van der Waals surface area contributed by atoms with Gasteiger partial charge in [0.05, 0.1) is 11.2 Å². The van der Waals surface area contributed by atoms with Crippen LogP contribution in [-0.4, -0.2) is 45.6 Å². The van der Waals surface area contributed by atoms with E-state index in [1.807, 2.05) is 13.8 Å². The number of aromatic nitrogens is 2. The number of carbonyl (C=O) groups is 1. The molecule has 5 nitrogen and oxygen atoms in total. The molecule has 1 aliphatic rings.